The van der Waals surface area contributed by atoms with Gasteiger partial charge in [0.05, 0.1) is 0 Å². The summed E-state index contributed by atoms with van der Waals surface area (Å²) in [6.07, 6.45) is 9.57. The summed E-state index contributed by atoms with van der Waals surface area (Å²) in [5.41, 5.74) is 6.04. The van der Waals surface area contributed by atoms with Crippen molar-refractivity contribution in [3.63, 3.8) is 0 Å². The average Bonchev–Trinajstić information content (AvgIpc) is 2.56. The highest BCUT2D eigenvalue weighted by molar-refractivity contribution is 7.99. The summed E-state index contributed by atoms with van der Waals surface area (Å²) < 4.78 is 0. The molecule has 1 nitrogen and oxygen atoms in total. The van der Waals surface area contributed by atoms with Gasteiger partial charge in [-0.1, -0.05) is 0 Å². The lowest BCUT2D eigenvalue weighted by Gasteiger charge is -2.17. The second kappa shape index (κ2) is 5.50. The number of unbranched alkanes of at least 4 members (excludes halogenated alkanes) is 1. The Morgan fingerprint density at radius 3 is 3.08 bits per heavy atom. The Labute approximate surface area is 79.5 Å². The van der Waals surface area contributed by atoms with E-state index in [1.165, 1.54) is 17.9 Å². The van der Waals surface area contributed by atoms with Gasteiger partial charge in [-0.2, -0.15) is 11.8 Å². The summed E-state index contributed by atoms with van der Waals surface area (Å²) in [6.45, 7) is 0. The minimum absolute atomic E-state index is 0.397. The van der Waals surface area contributed by atoms with Gasteiger partial charge in [0, 0.05) is 12.5 Å². The van der Waals surface area contributed by atoms with Crippen LogP contribution in [-0.2, 0) is 0 Å². The molecule has 1 heterocycles. The smallest absolute Gasteiger partial charge is 0.00866 e. The third-order valence-electron chi connectivity index (χ3n) is 2.43. The SMILES string of the molecule is C#CCCCC(N)C1CCSC1. The predicted molar refractivity (Wildman–Crippen MR) is 56.1 cm³/mol. The number of hydrogen-bond acceptors (Lipinski definition) is 2. The molecule has 1 aliphatic heterocycles. The molecule has 12 heavy (non-hydrogen) atoms. The largest absolute Gasteiger partial charge is 0.327 e. The van der Waals surface area contributed by atoms with E-state index in [1.54, 1.807) is 0 Å². The van der Waals surface area contributed by atoms with Crippen molar-refractivity contribution < 1.29 is 0 Å². The van der Waals surface area contributed by atoms with Crippen molar-refractivity contribution >= 4 is 11.8 Å². The van der Waals surface area contributed by atoms with Gasteiger partial charge in [0.25, 0.3) is 0 Å². The van der Waals surface area contributed by atoms with E-state index in [2.05, 4.69) is 5.92 Å². The quantitative estimate of drug-likeness (QED) is 0.532. The van der Waals surface area contributed by atoms with Crippen LogP contribution in [0, 0.1) is 18.3 Å². The highest BCUT2D eigenvalue weighted by Crippen LogP contribution is 2.27. The fourth-order valence-electron chi connectivity index (χ4n) is 1.57. The molecule has 68 valence electrons. The van der Waals surface area contributed by atoms with E-state index in [0.717, 1.165) is 25.2 Å². The first-order chi connectivity index (χ1) is 5.84. The molecule has 0 aromatic rings. The molecule has 2 atom stereocenters. The molecule has 1 rings (SSSR count). The maximum atomic E-state index is 6.04. The molecule has 0 aromatic carbocycles. The first kappa shape index (κ1) is 9.95. The Balaban J connectivity index is 2.10. The van der Waals surface area contributed by atoms with Gasteiger partial charge < -0.3 is 5.73 Å². The van der Waals surface area contributed by atoms with Crippen molar-refractivity contribution in [2.24, 2.45) is 11.7 Å². The summed E-state index contributed by atoms with van der Waals surface area (Å²) in [6, 6.07) is 0.397. The second-order valence-electron chi connectivity index (χ2n) is 3.38. The van der Waals surface area contributed by atoms with Crippen molar-refractivity contribution in [3.05, 3.63) is 0 Å². The van der Waals surface area contributed by atoms with E-state index in [4.69, 9.17) is 12.2 Å². The van der Waals surface area contributed by atoms with Gasteiger partial charge in [0.1, 0.15) is 0 Å². The van der Waals surface area contributed by atoms with Gasteiger partial charge in [0.2, 0.25) is 0 Å². The molecule has 2 heteroatoms. The molecule has 0 radical (unpaired) electrons. The zero-order chi connectivity index (χ0) is 8.81. The molecule has 0 aliphatic carbocycles. The first-order valence-electron chi connectivity index (χ1n) is 4.61. The van der Waals surface area contributed by atoms with Crippen LogP contribution in [0.5, 0.6) is 0 Å². The molecule has 0 spiro atoms. The summed E-state index contributed by atoms with van der Waals surface area (Å²) in [5, 5.41) is 0. The molecular formula is C10H17NS. The summed E-state index contributed by atoms with van der Waals surface area (Å²) >= 11 is 2.03. The molecule has 1 aliphatic rings. The Morgan fingerprint density at radius 2 is 2.50 bits per heavy atom. The van der Waals surface area contributed by atoms with Crippen molar-refractivity contribution in [3.8, 4) is 12.3 Å². The topological polar surface area (TPSA) is 26.0 Å². The third-order valence-corrected chi connectivity index (χ3v) is 3.62. The van der Waals surface area contributed by atoms with Gasteiger partial charge >= 0.3 is 0 Å². The highest BCUT2D eigenvalue weighted by atomic mass is 32.2. The normalized spacial score (nSPS) is 25.2. The lowest BCUT2D eigenvalue weighted by molar-refractivity contribution is 0.432. The van der Waals surface area contributed by atoms with Crippen molar-refractivity contribution in [1.82, 2.24) is 0 Å². The fourth-order valence-corrected chi connectivity index (χ4v) is 2.92. The summed E-state index contributed by atoms with van der Waals surface area (Å²) in [5.74, 6) is 5.97. The minimum Gasteiger partial charge on any atom is -0.327 e. The Bertz CT molecular complexity index is 156. The zero-order valence-corrected chi connectivity index (χ0v) is 8.28. The monoisotopic (exact) mass is 183 g/mol. The van der Waals surface area contributed by atoms with Crippen LogP contribution in [0.25, 0.3) is 0 Å². The second-order valence-corrected chi connectivity index (χ2v) is 4.53. The van der Waals surface area contributed by atoms with Crippen LogP contribution >= 0.6 is 11.8 Å². The Morgan fingerprint density at radius 1 is 1.67 bits per heavy atom. The van der Waals surface area contributed by atoms with Crippen LogP contribution < -0.4 is 5.73 Å². The third kappa shape index (κ3) is 3.08. The molecule has 0 aromatic heterocycles. The van der Waals surface area contributed by atoms with Gasteiger partial charge in [-0.25, -0.2) is 0 Å². The fraction of sp³-hybridized carbons (Fsp3) is 0.800. The van der Waals surface area contributed by atoms with Gasteiger partial charge in [-0.3, -0.25) is 0 Å². The number of thioether (sulfide) groups is 1. The Kier molecular flexibility index (Phi) is 4.57. The number of terminal acetylenes is 1. The van der Waals surface area contributed by atoms with Gasteiger partial charge in [-0.05, 0) is 36.7 Å². The van der Waals surface area contributed by atoms with E-state index >= 15 is 0 Å². The lowest BCUT2D eigenvalue weighted by atomic mass is 9.95. The molecule has 2 unspecified atom stereocenters. The summed E-state index contributed by atoms with van der Waals surface area (Å²) in [4.78, 5) is 0. The highest BCUT2D eigenvalue weighted by Gasteiger charge is 2.21. The van der Waals surface area contributed by atoms with E-state index in [9.17, 15) is 0 Å². The number of rotatable bonds is 4. The van der Waals surface area contributed by atoms with Crippen LogP contribution in [0.2, 0.25) is 0 Å². The van der Waals surface area contributed by atoms with E-state index < -0.39 is 0 Å². The van der Waals surface area contributed by atoms with E-state index in [1.807, 2.05) is 11.8 Å². The zero-order valence-electron chi connectivity index (χ0n) is 7.46. The van der Waals surface area contributed by atoms with Crippen LogP contribution in [0.3, 0.4) is 0 Å². The standard InChI is InChI=1S/C10H17NS/c1-2-3-4-5-10(11)9-6-7-12-8-9/h1,9-10H,3-8,11H2. The molecule has 0 bridgehead atoms. The predicted octanol–water partition coefficient (Wildman–Crippen LogP) is 1.87. The van der Waals surface area contributed by atoms with E-state index in [0.29, 0.717) is 6.04 Å². The van der Waals surface area contributed by atoms with Crippen molar-refractivity contribution in [1.29, 1.82) is 0 Å². The molecule has 2 N–H and O–H groups in total. The molecule has 1 saturated heterocycles. The molecular weight excluding hydrogens is 166 g/mol. The van der Waals surface area contributed by atoms with Crippen LogP contribution in [0.1, 0.15) is 25.7 Å². The number of hydrogen-bond donors (Lipinski definition) is 1. The number of nitrogens with two attached hydrogens (primary N) is 1. The molecule has 1 fully saturated rings. The summed E-state index contributed by atoms with van der Waals surface area (Å²) in [7, 11) is 0. The van der Waals surface area contributed by atoms with Crippen LogP contribution in [0.15, 0.2) is 0 Å². The van der Waals surface area contributed by atoms with Crippen LogP contribution in [0.4, 0.5) is 0 Å². The molecule has 0 saturated carbocycles. The lowest BCUT2D eigenvalue weighted by Crippen LogP contribution is -2.29. The van der Waals surface area contributed by atoms with Crippen LogP contribution in [-0.4, -0.2) is 17.5 Å². The Hall–Kier alpha value is -0.130. The minimum atomic E-state index is 0.397. The first-order valence-corrected chi connectivity index (χ1v) is 5.77. The molecule has 0 amide bonds. The maximum absolute atomic E-state index is 6.04. The van der Waals surface area contributed by atoms with Crippen molar-refractivity contribution in [2.45, 2.75) is 31.7 Å². The van der Waals surface area contributed by atoms with Crippen molar-refractivity contribution in [2.75, 3.05) is 11.5 Å². The van der Waals surface area contributed by atoms with Gasteiger partial charge in [-0.15, -0.1) is 12.3 Å². The maximum Gasteiger partial charge on any atom is 0.00866 e. The van der Waals surface area contributed by atoms with Gasteiger partial charge in [0.15, 0.2) is 0 Å². The van der Waals surface area contributed by atoms with E-state index in [-0.39, 0.29) is 0 Å². The average molecular weight is 183 g/mol.